The first-order chi connectivity index (χ1) is 7.35. The van der Waals surface area contributed by atoms with Gasteiger partial charge in [-0.2, -0.15) is 5.10 Å². The zero-order valence-corrected chi connectivity index (χ0v) is 11.3. The standard InChI is InChI=1S/C12H21N3S/c1-6-7(2)10(14-15-11(13)16)9-5-8(6)12(9,3)4/h6-9H,5H2,1-4H3,(H3,13,15,16). The highest BCUT2D eigenvalue weighted by Gasteiger charge is 2.58. The molecule has 3 nitrogen and oxygen atoms in total. The third-order valence-electron chi connectivity index (χ3n) is 4.89. The number of hydrogen-bond donors (Lipinski definition) is 2. The SMILES string of the molecule is CC1C(=NNC(N)=S)C2CC(C1C)C2(C)C. The maximum absolute atomic E-state index is 5.43. The summed E-state index contributed by atoms with van der Waals surface area (Å²) in [5, 5.41) is 4.69. The van der Waals surface area contributed by atoms with E-state index < -0.39 is 0 Å². The molecule has 90 valence electrons. The van der Waals surface area contributed by atoms with E-state index in [1.807, 2.05) is 0 Å². The summed E-state index contributed by atoms with van der Waals surface area (Å²) in [5.41, 5.74) is 9.83. The second-order valence-corrected chi connectivity index (χ2v) is 6.32. The highest BCUT2D eigenvalue weighted by molar-refractivity contribution is 7.80. The van der Waals surface area contributed by atoms with Crippen molar-refractivity contribution in [3.8, 4) is 0 Å². The van der Waals surface area contributed by atoms with Crippen LogP contribution < -0.4 is 11.2 Å². The van der Waals surface area contributed by atoms with E-state index in [4.69, 9.17) is 18.0 Å². The fourth-order valence-corrected chi connectivity index (χ4v) is 3.63. The summed E-state index contributed by atoms with van der Waals surface area (Å²) in [7, 11) is 0. The van der Waals surface area contributed by atoms with Crippen molar-refractivity contribution < 1.29 is 0 Å². The summed E-state index contributed by atoms with van der Waals surface area (Å²) < 4.78 is 0. The van der Waals surface area contributed by atoms with Gasteiger partial charge >= 0.3 is 0 Å². The van der Waals surface area contributed by atoms with Crippen molar-refractivity contribution in [2.45, 2.75) is 34.1 Å². The van der Waals surface area contributed by atoms with Crippen LogP contribution in [-0.4, -0.2) is 10.8 Å². The summed E-state index contributed by atoms with van der Waals surface area (Å²) in [5.74, 6) is 2.69. The van der Waals surface area contributed by atoms with Crippen LogP contribution in [0.3, 0.4) is 0 Å². The van der Waals surface area contributed by atoms with E-state index in [9.17, 15) is 0 Å². The molecule has 4 unspecified atom stereocenters. The summed E-state index contributed by atoms with van der Waals surface area (Å²) in [6.07, 6.45) is 1.27. The first-order valence-electron chi connectivity index (χ1n) is 5.98. The normalized spacial score (nSPS) is 42.6. The van der Waals surface area contributed by atoms with Crippen molar-refractivity contribution in [2.24, 2.45) is 39.9 Å². The van der Waals surface area contributed by atoms with Gasteiger partial charge in [0.25, 0.3) is 0 Å². The van der Waals surface area contributed by atoms with E-state index in [0.29, 0.717) is 23.2 Å². The van der Waals surface area contributed by atoms with Gasteiger partial charge < -0.3 is 5.73 Å². The number of nitrogens with two attached hydrogens (primary N) is 1. The lowest BCUT2D eigenvalue weighted by Crippen LogP contribution is -2.60. The van der Waals surface area contributed by atoms with Gasteiger partial charge in [-0.1, -0.05) is 27.7 Å². The van der Waals surface area contributed by atoms with Crippen molar-refractivity contribution in [1.29, 1.82) is 0 Å². The monoisotopic (exact) mass is 239 g/mol. The Labute approximate surface area is 103 Å². The molecule has 0 saturated heterocycles. The molecule has 16 heavy (non-hydrogen) atoms. The van der Waals surface area contributed by atoms with Gasteiger partial charge in [-0.05, 0) is 41.8 Å². The van der Waals surface area contributed by atoms with Crippen LogP contribution in [0.5, 0.6) is 0 Å². The molecule has 3 fully saturated rings. The van der Waals surface area contributed by atoms with Gasteiger partial charge in [-0.15, -0.1) is 0 Å². The van der Waals surface area contributed by atoms with Crippen molar-refractivity contribution in [1.82, 2.24) is 5.43 Å². The van der Waals surface area contributed by atoms with Gasteiger partial charge in [0, 0.05) is 11.6 Å². The molecule has 4 heteroatoms. The van der Waals surface area contributed by atoms with Crippen LogP contribution in [0.25, 0.3) is 0 Å². The van der Waals surface area contributed by atoms with Crippen LogP contribution >= 0.6 is 12.2 Å². The Morgan fingerprint density at radius 1 is 1.50 bits per heavy atom. The fraction of sp³-hybridized carbons (Fsp3) is 0.833. The quantitative estimate of drug-likeness (QED) is 0.544. The second-order valence-electron chi connectivity index (χ2n) is 5.88. The lowest BCUT2D eigenvalue weighted by molar-refractivity contribution is -0.0509. The van der Waals surface area contributed by atoms with Crippen molar-refractivity contribution in [2.75, 3.05) is 0 Å². The smallest absolute Gasteiger partial charge is 0.184 e. The maximum atomic E-state index is 5.43. The Balaban J connectivity index is 2.23. The number of nitrogens with one attached hydrogen (secondary N) is 1. The van der Waals surface area contributed by atoms with Crippen LogP contribution in [0.15, 0.2) is 5.10 Å². The molecular formula is C12H21N3S. The molecule has 4 atom stereocenters. The first-order valence-corrected chi connectivity index (χ1v) is 6.39. The number of fused-ring (bicyclic) bond motifs is 2. The summed E-state index contributed by atoms with van der Waals surface area (Å²) in [6.45, 7) is 9.30. The van der Waals surface area contributed by atoms with Gasteiger partial charge in [0.2, 0.25) is 0 Å². The van der Waals surface area contributed by atoms with Crippen LogP contribution in [-0.2, 0) is 0 Å². The Kier molecular flexibility index (Phi) is 2.73. The number of thiocarbonyl (C=S) groups is 1. The number of nitrogens with zero attached hydrogens (tertiary/aromatic N) is 1. The summed E-state index contributed by atoms with van der Waals surface area (Å²) >= 11 is 4.80. The molecule has 0 aromatic heterocycles. The largest absolute Gasteiger partial charge is 0.375 e. The summed E-state index contributed by atoms with van der Waals surface area (Å²) in [4.78, 5) is 0. The van der Waals surface area contributed by atoms with Crippen LogP contribution in [0.2, 0.25) is 0 Å². The lowest BCUT2D eigenvalue weighted by Gasteiger charge is -2.61. The minimum Gasteiger partial charge on any atom is -0.375 e. The zero-order chi connectivity index (χ0) is 12.1. The Morgan fingerprint density at radius 2 is 2.12 bits per heavy atom. The van der Waals surface area contributed by atoms with Crippen LogP contribution in [0.4, 0.5) is 0 Å². The van der Waals surface area contributed by atoms with Crippen LogP contribution in [0.1, 0.15) is 34.1 Å². The van der Waals surface area contributed by atoms with Gasteiger partial charge in [-0.25, -0.2) is 0 Å². The van der Waals surface area contributed by atoms with E-state index in [2.05, 4.69) is 38.2 Å². The van der Waals surface area contributed by atoms with Crippen molar-refractivity contribution in [3.63, 3.8) is 0 Å². The Bertz CT molecular complexity index is 348. The van der Waals surface area contributed by atoms with Gasteiger partial charge in [0.05, 0.1) is 0 Å². The van der Waals surface area contributed by atoms with E-state index >= 15 is 0 Å². The van der Waals surface area contributed by atoms with Crippen molar-refractivity contribution >= 4 is 23.0 Å². The minimum absolute atomic E-state index is 0.256. The molecule has 0 aromatic carbocycles. The number of rotatable bonds is 1. The molecule has 3 saturated carbocycles. The highest BCUT2D eigenvalue weighted by Crippen LogP contribution is 2.61. The predicted molar refractivity (Wildman–Crippen MR) is 71.1 cm³/mol. The molecule has 0 radical (unpaired) electrons. The fourth-order valence-electron chi connectivity index (χ4n) is 3.59. The Morgan fingerprint density at radius 3 is 2.62 bits per heavy atom. The molecule has 3 aliphatic carbocycles. The Hall–Kier alpha value is -0.640. The van der Waals surface area contributed by atoms with E-state index in [1.165, 1.54) is 12.1 Å². The van der Waals surface area contributed by atoms with Gasteiger partial charge in [-0.3, -0.25) is 5.43 Å². The molecule has 3 aliphatic rings. The van der Waals surface area contributed by atoms with Crippen LogP contribution in [0, 0.1) is 29.1 Å². The minimum atomic E-state index is 0.256. The highest BCUT2D eigenvalue weighted by atomic mass is 32.1. The molecule has 0 amide bonds. The van der Waals surface area contributed by atoms with E-state index in [-0.39, 0.29) is 5.11 Å². The third kappa shape index (κ3) is 1.54. The molecule has 0 aliphatic heterocycles. The molecule has 0 spiro atoms. The topological polar surface area (TPSA) is 50.4 Å². The molecular weight excluding hydrogens is 218 g/mol. The lowest BCUT2D eigenvalue weighted by atomic mass is 9.43. The number of hydrazone groups is 1. The average molecular weight is 239 g/mol. The second kappa shape index (κ2) is 3.69. The average Bonchev–Trinajstić information content (AvgIpc) is 2.18. The van der Waals surface area contributed by atoms with Gasteiger partial charge in [0.15, 0.2) is 5.11 Å². The molecule has 3 N–H and O–H groups in total. The zero-order valence-electron chi connectivity index (χ0n) is 10.4. The van der Waals surface area contributed by atoms with Crippen molar-refractivity contribution in [3.05, 3.63) is 0 Å². The van der Waals surface area contributed by atoms with E-state index in [0.717, 1.165) is 5.92 Å². The maximum Gasteiger partial charge on any atom is 0.184 e. The predicted octanol–water partition coefficient (Wildman–Crippen LogP) is 2.12. The van der Waals surface area contributed by atoms with E-state index in [1.54, 1.807) is 0 Å². The summed E-state index contributed by atoms with van der Waals surface area (Å²) in [6, 6.07) is 0. The number of hydrogen-bond acceptors (Lipinski definition) is 2. The molecule has 2 bridgehead atoms. The first kappa shape index (κ1) is 11.8. The third-order valence-corrected chi connectivity index (χ3v) is 4.98. The van der Waals surface area contributed by atoms with Gasteiger partial charge in [0.1, 0.15) is 0 Å². The molecule has 0 aromatic rings. The molecule has 3 rings (SSSR count). The molecule has 0 heterocycles.